The van der Waals surface area contributed by atoms with E-state index in [2.05, 4.69) is 5.32 Å². The second kappa shape index (κ2) is 12.4. The number of imide groups is 1. The van der Waals surface area contributed by atoms with Crippen LogP contribution in [-0.2, 0) is 38.5 Å². The molecule has 2 saturated heterocycles. The molecule has 48 heavy (non-hydrogen) atoms. The van der Waals surface area contributed by atoms with E-state index < -0.39 is 67.1 Å². The molecule has 2 aliphatic heterocycles. The first-order valence-corrected chi connectivity index (χ1v) is 15.7. The lowest BCUT2D eigenvalue weighted by Crippen LogP contribution is -2.43. The number of nitriles is 1. The highest BCUT2D eigenvalue weighted by molar-refractivity contribution is 7.89. The quantitative estimate of drug-likeness (QED) is 0.234. The molecule has 254 valence electrons. The van der Waals surface area contributed by atoms with E-state index in [1.54, 1.807) is 12.1 Å². The van der Waals surface area contributed by atoms with Crippen LogP contribution in [0.5, 0.6) is 0 Å². The SMILES string of the molecule is CC1(C)C(=O)N(c2ccc(C#N)c(C(F)(F)F)c2)C(=O)N1Cc1ccccc1Nc1ccc(S(=O)(=O)N2CCOCC2)c(C(F)(F)F)c1. The van der Waals surface area contributed by atoms with Gasteiger partial charge in [0.15, 0.2) is 0 Å². The van der Waals surface area contributed by atoms with Crippen LogP contribution in [0.2, 0.25) is 0 Å². The first-order valence-electron chi connectivity index (χ1n) is 14.3. The van der Waals surface area contributed by atoms with Crippen molar-refractivity contribution in [2.75, 3.05) is 36.5 Å². The van der Waals surface area contributed by atoms with Crippen molar-refractivity contribution in [3.05, 3.63) is 82.9 Å². The number of sulfonamides is 1. The Hall–Kier alpha value is -4.66. The average Bonchev–Trinajstić information content (AvgIpc) is 3.19. The molecule has 3 aromatic carbocycles. The number of morpholine rings is 1. The summed E-state index contributed by atoms with van der Waals surface area (Å²) in [6.07, 6.45) is -9.98. The van der Waals surface area contributed by atoms with E-state index in [9.17, 15) is 44.3 Å². The van der Waals surface area contributed by atoms with Crippen molar-refractivity contribution in [2.24, 2.45) is 0 Å². The third-order valence-electron chi connectivity index (χ3n) is 8.01. The predicted octanol–water partition coefficient (Wildman–Crippen LogP) is 6.11. The van der Waals surface area contributed by atoms with Crippen molar-refractivity contribution in [3.63, 3.8) is 0 Å². The highest BCUT2D eigenvalue weighted by atomic mass is 32.2. The third-order valence-corrected chi connectivity index (χ3v) is 9.97. The number of halogens is 6. The van der Waals surface area contributed by atoms with Gasteiger partial charge < -0.3 is 15.0 Å². The smallest absolute Gasteiger partial charge is 0.379 e. The first-order chi connectivity index (χ1) is 22.4. The Balaban J connectivity index is 1.46. The van der Waals surface area contributed by atoms with Crippen LogP contribution in [0.15, 0.2) is 65.6 Å². The van der Waals surface area contributed by atoms with Gasteiger partial charge in [0, 0.05) is 24.5 Å². The molecule has 2 aliphatic rings. The Morgan fingerprint density at radius 2 is 1.56 bits per heavy atom. The maximum Gasteiger partial charge on any atom is 0.417 e. The zero-order chi connectivity index (χ0) is 35.2. The molecule has 1 N–H and O–H groups in total. The summed E-state index contributed by atoms with van der Waals surface area (Å²) in [7, 11) is -4.51. The van der Waals surface area contributed by atoms with Gasteiger partial charge in [-0.1, -0.05) is 18.2 Å². The van der Waals surface area contributed by atoms with Gasteiger partial charge in [-0.05, 0) is 61.9 Å². The number of rotatable bonds is 7. The van der Waals surface area contributed by atoms with Crippen molar-refractivity contribution < 1.29 is 49.1 Å². The number of hydrogen-bond acceptors (Lipinski definition) is 7. The summed E-state index contributed by atoms with van der Waals surface area (Å²) in [4.78, 5) is 27.8. The molecule has 17 heteroatoms. The molecule has 2 fully saturated rings. The van der Waals surface area contributed by atoms with E-state index in [-0.39, 0.29) is 44.2 Å². The van der Waals surface area contributed by atoms with Gasteiger partial charge in [0.25, 0.3) is 5.91 Å². The number of ether oxygens (including phenoxy) is 1. The number of para-hydroxylation sites is 1. The van der Waals surface area contributed by atoms with E-state index in [0.29, 0.717) is 22.6 Å². The molecule has 10 nitrogen and oxygen atoms in total. The van der Waals surface area contributed by atoms with Crippen LogP contribution in [0.1, 0.15) is 36.1 Å². The molecule has 3 aromatic rings. The molecule has 0 saturated carbocycles. The van der Waals surface area contributed by atoms with Crippen molar-refractivity contribution >= 4 is 39.0 Å². The van der Waals surface area contributed by atoms with Gasteiger partial charge in [-0.25, -0.2) is 18.1 Å². The summed E-state index contributed by atoms with van der Waals surface area (Å²) in [5, 5.41) is 12.0. The van der Waals surface area contributed by atoms with Crippen LogP contribution in [0.25, 0.3) is 0 Å². The number of alkyl halides is 6. The molecule has 0 bridgehead atoms. The zero-order valence-electron chi connectivity index (χ0n) is 25.3. The van der Waals surface area contributed by atoms with Crippen LogP contribution >= 0.6 is 0 Å². The Kier molecular flexibility index (Phi) is 8.97. The molecule has 2 heterocycles. The monoisotopic (exact) mass is 695 g/mol. The summed E-state index contributed by atoms with van der Waals surface area (Å²) in [6.45, 7) is 2.36. The van der Waals surface area contributed by atoms with Crippen molar-refractivity contribution in [1.82, 2.24) is 9.21 Å². The van der Waals surface area contributed by atoms with Gasteiger partial charge >= 0.3 is 18.4 Å². The molecule has 3 amide bonds. The summed E-state index contributed by atoms with van der Waals surface area (Å²) in [6, 6.07) is 11.8. The minimum absolute atomic E-state index is 0.0404. The number of carbonyl (C=O) groups is 2. The van der Waals surface area contributed by atoms with Crippen molar-refractivity contribution in [1.29, 1.82) is 5.26 Å². The summed E-state index contributed by atoms with van der Waals surface area (Å²) < 4.78 is 116. The van der Waals surface area contributed by atoms with Crippen LogP contribution in [0.4, 0.5) is 48.2 Å². The van der Waals surface area contributed by atoms with E-state index in [1.165, 1.54) is 38.1 Å². The highest BCUT2D eigenvalue weighted by Crippen LogP contribution is 2.40. The fourth-order valence-corrected chi connectivity index (χ4v) is 7.02. The zero-order valence-corrected chi connectivity index (χ0v) is 26.1. The molecule has 0 unspecified atom stereocenters. The fourth-order valence-electron chi connectivity index (χ4n) is 5.42. The van der Waals surface area contributed by atoms with Crippen LogP contribution in [-0.4, -0.2) is 61.4 Å². The van der Waals surface area contributed by atoms with Crippen molar-refractivity contribution in [3.8, 4) is 6.07 Å². The summed E-state index contributed by atoms with van der Waals surface area (Å²) >= 11 is 0. The maximum atomic E-state index is 14.2. The molecule has 0 spiro atoms. The molecular weight excluding hydrogens is 668 g/mol. The predicted molar refractivity (Wildman–Crippen MR) is 159 cm³/mol. The molecule has 0 aliphatic carbocycles. The topological polar surface area (TPSA) is 123 Å². The fraction of sp³-hybridized carbons (Fsp3) is 0.323. The number of nitrogens with zero attached hydrogens (tertiary/aromatic N) is 4. The average molecular weight is 696 g/mol. The lowest BCUT2D eigenvalue weighted by molar-refractivity contribution is -0.140. The number of nitrogens with one attached hydrogen (secondary N) is 1. The number of anilines is 3. The number of hydrogen-bond donors (Lipinski definition) is 1. The van der Waals surface area contributed by atoms with Gasteiger partial charge in [-0.3, -0.25) is 4.79 Å². The second-order valence-electron chi connectivity index (χ2n) is 11.4. The van der Waals surface area contributed by atoms with E-state index in [0.717, 1.165) is 27.4 Å². The summed E-state index contributed by atoms with van der Waals surface area (Å²) in [5.41, 5.74) is -4.98. The van der Waals surface area contributed by atoms with Gasteiger partial charge in [0.05, 0.1) is 53.1 Å². The third kappa shape index (κ3) is 6.42. The number of urea groups is 1. The van der Waals surface area contributed by atoms with E-state index in [4.69, 9.17) is 10.00 Å². The normalized spacial score (nSPS) is 17.5. The van der Waals surface area contributed by atoms with Gasteiger partial charge in [-0.2, -0.15) is 35.9 Å². The molecule has 0 aromatic heterocycles. The van der Waals surface area contributed by atoms with Crippen LogP contribution < -0.4 is 10.2 Å². The lowest BCUT2D eigenvalue weighted by atomic mass is 10.0. The lowest BCUT2D eigenvalue weighted by Gasteiger charge is -2.29. The van der Waals surface area contributed by atoms with E-state index in [1.807, 2.05) is 0 Å². The second-order valence-corrected chi connectivity index (χ2v) is 13.3. The molecule has 0 radical (unpaired) electrons. The Bertz CT molecular complexity index is 1920. The van der Waals surface area contributed by atoms with Crippen LogP contribution in [0.3, 0.4) is 0 Å². The van der Waals surface area contributed by atoms with Gasteiger partial charge in [-0.15, -0.1) is 0 Å². The number of carbonyl (C=O) groups excluding carboxylic acids is 2. The van der Waals surface area contributed by atoms with Crippen molar-refractivity contribution in [2.45, 2.75) is 43.2 Å². The standard InChI is InChI=1S/C31H27F6N5O5S/c1-29(2)27(43)42(22-9-7-19(17-38)23(16-22)30(32,33)34)28(44)41(29)18-20-5-3-4-6-25(20)39-21-8-10-26(24(15-21)31(35,36)37)48(45,46)40-11-13-47-14-12-40/h3-10,15-16,39H,11-14,18H2,1-2H3. The summed E-state index contributed by atoms with van der Waals surface area (Å²) in [5.74, 6) is -0.845. The Labute approximate surface area is 271 Å². The van der Waals surface area contributed by atoms with Gasteiger partial charge in [0.1, 0.15) is 5.54 Å². The Morgan fingerprint density at radius 3 is 2.19 bits per heavy atom. The largest absolute Gasteiger partial charge is 0.417 e. The Morgan fingerprint density at radius 1 is 0.917 bits per heavy atom. The molecule has 5 rings (SSSR count). The first kappa shape index (κ1) is 34.7. The minimum atomic E-state index is -5.04. The number of amides is 3. The number of benzene rings is 3. The molecule has 0 atom stereocenters. The highest BCUT2D eigenvalue weighted by Gasteiger charge is 2.52. The van der Waals surface area contributed by atoms with Gasteiger partial charge in [0.2, 0.25) is 10.0 Å². The van der Waals surface area contributed by atoms with Crippen LogP contribution in [0, 0.1) is 11.3 Å². The minimum Gasteiger partial charge on any atom is -0.379 e. The maximum absolute atomic E-state index is 14.2. The molecular formula is C31H27F6N5O5S. The van der Waals surface area contributed by atoms with E-state index >= 15 is 0 Å².